The molecule has 2 heterocycles. The summed E-state index contributed by atoms with van der Waals surface area (Å²) in [6, 6.07) is 10.2. The molecule has 0 radical (unpaired) electrons. The highest BCUT2D eigenvalue weighted by atomic mass is 19.4. The minimum atomic E-state index is -5.08. The number of carboxylic acid groups (broad SMARTS) is 1. The van der Waals surface area contributed by atoms with Gasteiger partial charge >= 0.3 is 12.1 Å². The van der Waals surface area contributed by atoms with E-state index in [2.05, 4.69) is 42.2 Å². The number of nitrogens with one attached hydrogen (secondary N) is 1. The predicted molar refractivity (Wildman–Crippen MR) is 106 cm³/mol. The molecule has 0 saturated carbocycles. The van der Waals surface area contributed by atoms with Gasteiger partial charge in [0.25, 0.3) is 0 Å². The standard InChI is InChI=1S/C18H23N5.C2HF3O2/c1-13(16-11-19-14-7-5-6-8-15(14)21-16)20-12-18(2,3)17-9-10-23(4)22-17;3-2(4,5)1(6)7/h5-11,13,20H,12H2,1-4H3;(H,6,7). The Hall–Kier alpha value is -3.01. The molecule has 0 aliphatic heterocycles. The molecule has 2 aromatic heterocycles. The van der Waals surface area contributed by atoms with Crippen LogP contribution < -0.4 is 5.32 Å². The molecule has 0 fully saturated rings. The predicted octanol–water partition coefficient (Wildman–Crippen LogP) is 3.63. The second kappa shape index (κ2) is 9.21. The molecule has 7 nitrogen and oxygen atoms in total. The molecular weight excluding hydrogens is 399 g/mol. The van der Waals surface area contributed by atoms with Gasteiger partial charge in [0.2, 0.25) is 0 Å². The third-order valence-corrected chi connectivity index (χ3v) is 4.41. The van der Waals surface area contributed by atoms with Crippen molar-refractivity contribution in [1.29, 1.82) is 0 Å². The van der Waals surface area contributed by atoms with Crippen molar-refractivity contribution < 1.29 is 23.1 Å². The number of fused-ring (bicyclic) bond motifs is 1. The fourth-order valence-electron chi connectivity index (χ4n) is 2.56. The quantitative estimate of drug-likeness (QED) is 0.651. The Bertz CT molecular complexity index is 1000. The maximum Gasteiger partial charge on any atom is 0.490 e. The lowest BCUT2D eigenvalue weighted by molar-refractivity contribution is -0.192. The van der Waals surface area contributed by atoms with Crippen LogP contribution in [0.4, 0.5) is 13.2 Å². The topological polar surface area (TPSA) is 92.9 Å². The fraction of sp³-hybridized carbons (Fsp3) is 0.400. The first-order valence-corrected chi connectivity index (χ1v) is 9.15. The van der Waals surface area contributed by atoms with Gasteiger partial charge in [0.1, 0.15) is 0 Å². The van der Waals surface area contributed by atoms with E-state index in [4.69, 9.17) is 14.9 Å². The Labute approximate surface area is 172 Å². The van der Waals surface area contributed by atoms with E-state index in [0.29, 0.717) is 0 Å². The van der Waals surface area contributed by atoms with Crippen LogP contribution in [0.3, 0.4) is 0 Å². The minimum absolute atomic E-state index is 0.0419. The normalized spacial score (nSPS) is 12.9. The molecule has 30 heavy (non-hydrogen) atoms. The van der Waals surface area contributed by atoms with Crippen molar-refractivity contribution >= 4 is 17.0 Å². The molecule has 0 bridgehead atoms. The van der Waals surface area contributed by atoms with E-state index >= 15 is 0 Å². The SMILES string of the molecule is CC(NCC(C)(C)c1ccn(C)n1)c1cnc2ccccc2n1.O=C(O)C(F)(F)F. The van der Waals surface area contributed by atoms with Crippen LogP contribution in [0.25, 0.3) is 11.0 Å². The molecule has 0 spiro atoms. The monoisotopic (exact) mass is 423 g/mol. The van der Waals surface area contributed by atoms with E-state index in [-0.39, 0.29) is 11.5 Å². The number of rotatable bonds is 5. The van der Waals surface area contributed by atoms with Crippen molar-refractivity contribution in [2.75, 3.05) is 6.54 Å². The number of benzene rings is 1. The molecule has 0 amide bonds. The van der Waals surface area contributed by atoms with Crippen LogP contribution in [0, 0.1) is 0 Å². The van der Waals surface area contributed by atoms with Crippen molar-refractivity contribution in [1.82, 2.24) is 25.1 Å². The maximum absolute atomic E-state index is 10.6. The molecule has 3 rings (SSSR count). The number of hydrogen-bond acceptors (Lipinski definition) is 5. The zero-order valence-corrected chi connectivity index (χ0v) is 17.1. The molecule has 2 N–H and O–H groups in total. The van der Waals surface area contributed by atoms with Crippen LogP contribution in [0.1, 0.15) is 38.2 Å². The van der Waals surface area contributed by atoms with Crippen molar-refractivity contribution in [2.45, 2.75) is 38.4 Å². The molecule has 1 atom stereocenters. The van der Waals surface area contributed by atoms with Gasteiger partial charge in [-0.05, 0) is 25.1 Å². The highest BCUT2D eigenvalue weighted by Crippen LogP contribution is 2.22. The van der Waals surface area contributed by atoms with Crippen molar-refractivity contribution in [2.24, 2.45) is 7.05 Å². The Kier molecular flexibility index (Phi) is 7.14. The smallest absolute Gasteiger partial charge is 0.475 e. The molecule has 0 aliphatic rings. The first kappa shape index (κ1) is 23.3. The summed E-state index contributed by atoms with van der Waals surface area (Å²) in [6.07, 6.45) is -1.25. The number of aromatic nitrogens is 4. The average molecular weight is 423 g/mol. The summed E-state index contributed by atoms with van der Waals surface area (Å²) >= 11 is 0. The highest BCUT2D eigenvalue weighted by molar-refractivity contribution is 5.73. The number of carboxylic acids is 1. The maximum atomic E-state index is 10.6. The van der Waals surface area contributed by atoms with Crippen LogP contribution in [0.2, 0.25) is 0 Å². The summed E-state index contributed by atoms with van der Waals surface area (Å²) < 4.78 is 33.6. The van der Waals surface area contributed by atoms with Gasteiger partial charge in [-0.1, -0.05) is 26.0 Å². The van der Waals surface area contributed by atoms with Gasteiger partial charge in [0.05, 0.1) is 28.6 Å². The summed E-state index contributed by atoms with van der Waals surface area (Å²) in [4.78, 5) is 18.1. The highest BCUT2D eigenvalue weighted by Gasteiger charge is 2.38. The molecule has 1 unspecified atom stereocenters. The molecule has 162 valence electrons. The van der Waals surface area contributed by atoms with Crippen LogP contribution in [0.5, 0.6) is 0 Å². The molecule has 1 aromatic carbocycles. The van der Waals surface area contributed by atoms with Gasteiger partial charge in [0, 0.05) is 31.2 Å². The number of para-hydroxylation sites is 2. The summed E-state index contributed by atoms with van der Waals surface area (Å²) in [5.74, 6) is -2.76. The van der Waals surface area contributed by atoms with Crippen molar-refractivity contribution in [3.05, 3.63) is 54.1 Å². The zero-order chi connectivity index (χ0) is 22.5. The summed E-state index contributed by atoms with van der Waals surface area (Å²) in [5, 5.41) is 15.2. The Morgan fingerprint density at radius 3 is 2.33 bits per heavy atom. The van der Waals surface area contributed by atoms with Crippen LogP contribution in [-0.2, 0) is 17.3 Å². The number of aryl methyl sites for hydroxylation is 1. The lowest BCUT2D eigenvalue weighted by Gasteiger charge is -2.25. The molecule has 10 heteroatoms. The van der Waals surface area contributed by atoms with Crippen LogP contribution in [-0.4, -0.2) is 43.5 Å². The van der Waals surface area contributed by atoms with E-state index in [1.165, 1.54) is 0 Å². The van der Waals surface area contributed by atoms with Crippen LogP contribution in [0.15, 0.2) is 42.7 Å². The Morgan fingerprint density at radius 2 is 1.80 bits per heavy atom. The first-order valence-electron chi connectivity index (χ1n) is 9.15. The Morgan fingerprint density at radius 1 is 1.20 bits per heavy atom. The fourth-order valence-corrected chi connectivity index (χ4v) is 2.56. The molecule has 0 saturated heterocycles. The van der Waals surface area contributed by atoms with Crippen LogP contribution >= 0.6 is 0 Å². The number of alkyl halides is 3. The second-order valence-corrected chi connectivity index (χ2v) is 7.45. The number of nitrogens with zero attached hydrogens (tertiary/aromatic N) is 4. The largest absolute Gasteiger partial charge is 0.490 e. The molecule has 3 aromatic rings. The molecule has 0 aliphatic carbocycles. The number of carbonyl (C=O) groups is 1. The number of hydrogen-bond donors (Lipinski definition) is 2. The number of halogens is 3. The van der Waals surface area contributed by atoms with E-state index in [1.807, 2.05) is 48.4 Å². The third kappa shape index (κ3) is 6.24. The van der Waals surface area contributed by atoms with Gasteiger partial charge < -0.3 is 10.4 Å². The average Bonchev–Trinajstić information content (AvgIpc) is 3.13. The van der Waals surface area contributed by atoms with E-state index in [9.17, 15) is 13.2 Å². The van der Waals surface area contributed by atoms with E-state index < -0.39 is 12.1 Å². The van der Waals surface area contributed by atoms with Gasteiger partial charge in [-0.15, -0.1) is 0 Å². The summed E-state index contributed by atoms with van der Waals surface area (Å²) in [6.45, 7) is 7.33. The van der Waals surface area contributed by atoms with Gasteiger partial charge in [0.15, 0.2) is 0 Å². The first-order chi connectivity index (χ1) is 13.9. The second-order valence-electron chi connectivity index (χ2n) is 7.45. The van der Waals surface area contributed by atoms with Crippen molar-refractivity contribution in [3.63, 3.8) is 0 Å². The lowest BCUT2D eigenvalue weighted by atomic mass is 9.89. The summed E-state index contributed by atoms with van der Waals surface area (Å²) in [7, 11) is 1.94. The molecular formula is C20H24F3N5O2. The minimum Gasteiger partial charge on any atom is -0.475 e. The Balaban J connectivity index is 0.000000396. The van der Waals surface area contributed by atoms with Gasteiger partial charge in [-0.3, -0.25) is 9.67 Å². The van der Waals surface area contributed by atoms with Gasteiger partial charge in [-0.25, -0.2) is 9.78 Å². The zero-order valence-electron chi connectivity index (χ0n) is 17.1. The van der Waals surface area contributed by atoms with Gasteiger partial charge in [-0.2, -0.15) is 18.3 Å². The number of aliphatic carboxylic acids is 1. The van der Waals surface area contributed by atoms with E-state index in [1.54, 1.807) is 0 Å². The summed E-state index contributed by atoms with van der Waals surface area (Å²) in [5.41, 5.74) is 3.87. The lowest BCUT2D eigenvalue weighted by Crippen LogP contribution is -2.35. The third-order valence-electron chi connectivity index (χ3n) is 4.41. The van der Waals surface area contributed by atoms with Crippen molar-refractivity contribution in [3.8, 4) is 0 Å². The van der Waals surface area contributed by atoms with E-state index in [0.717, 1.165) is 29.0 Å².